The zero-order valence-corrected chi connectivity index (χ0v) is 15.1. The molecule has 134 valence electrons. The molecular formula is C21H21NO4. The number of esters is 1. The number of carbonyl (C=O) groups excluding carboxylic acids is 3. The van der Waals surface area contributed by atoms with Crippen LogP contribution in [0.15, 0.2) is 47.6 Å². The SMILES string of the molecule is CCOC(=O)c1ccccc1N1C(=O)[C@H]2[C@H](C1=O)[C@H]1C=C[C@H]2C1=C(C)C. The molecule has 1 saturated carbocycles. The summed E-state index contributed by atoms with van der Waals surface area (Å²) >= 11 is 0. The van der Waals surface area contributed by atoms with Crippen LogP contribution < -0.4 is 4.90 Å². The second kappa shape index (κ2) is 5.94. The molecule has 3 aliphatic rings. The number of imide groups is 1. The van der Waals surface area contributed by atoms with Crippen molar-refractivity contribution in [3.05, 3.63) is 53.1 Å². The van der Waals surface area contributed by atoms with E-state index >= 15 is 0 Å². The Kier molecular flexibility index (Phi) is 3.83. The quantitative estimate of drug-likeness (QED) is 0.477. The molecule has 1 saturated heterocycles. The summed E-state index contributed by atoms with van der Waals surface area (Å²) in [5, 5.41) is 0. The van der Waals surface area contributed by atoms with E-state index < -0.39 is 5.97 Å². The highest BCUT2D eigenvalue weighted by atomic mass is 16.5. The minimum Gasteiger partial charge on any atom is -0.462 e. The minimum atomic E-state index is -0.521. The van der Waals surface area contributed by atoms with Crippen LogP contribution in [0.3, 0.4) is 0 Å². The molecule has 2 fully saturated rings. The van der Waals surface area contributed by atoms with Crippen molar-refractivity contribution < 1.29 is 19.1 Å². The number of hydrogen-bond donors (Lipinski definition) is 0. The van der Waals surface area contributed by atoms with Gasteiger partial charge in [-0.3, -0.25) is 9.59 Å². The molecule has 26 heavy (non-hydrogen) atoms. The van der Waals surface area contributed by atoms with Crippen LogP contribution in [0.1, 0.15) is 31.1 Å². The van der Waals surface area contributed by atoms with E-state index in [0.717, 1.165) is 0 Å². The van der Waals surface area contributed by atoms with Crippen molar-refractivity contribution in [2.24, 2.45) is 23.7 Å². The van der Waals surface area contributed by atoms with Crippen LogP contribution in [-0.4, -0.2) is 24.4 Å². The molecule has 1 aliphatic heterocycles. The Labute approximate surface area is 152 Å². The van der Waals surface area contributed by atoms with Crippen LogP contribution in [-0.2, 0) is 14.3 Å². The van der Waals surface area contributed by atoms with Crippen molar-refractivity contribution >= 4 is 23.5 Å². The first kappa shape index (κ1) is 16.8. The predicted octanol–water partition coefficient (Wildman–Crippen LogP) is 3.12. The molecule has 0 spiro atoms. The molecule has 0 radical (unpaired) electrons. The lowest BCUT2D eigenvalue weighted by Crippen LogP contribution is -2.34. The Morgan fingerprint density at radius 2 is 1.62 bits per heavy atom. The average Bonchev–Trinajstić information content (AvgIpc) is 3.25. The Balaban J connectivity index is 1.75. The van der Waals surface area contributed by atoms with Crippen molar-refractivity contribution in [1.29, 1.82) is 0 Å². The third-order valence-electron chi connectivity index (χ3n) is 5.63. The number of allylic oxidation sites excluding steroid dienone is 4. The molecule has 5 heteroatoms. The van der Waals surface area contributed by atoms with Crippen molar-refractivity contribution in [3.8, 4) is 0 Å². The van der Waals surface area contributed by atoms with Gasteiger partial charge in [-0.05, 0) is 32.9 Å². The monoisotopic (exact) mass is 351 g/mol. The maximum Gasteiger partial charge on any atom is 0.340 e. The highest BCUT2D eigenvalue weighted by Gasteiger charge is 2.62. The van der Waals surface area contributed by atoms with Crippen LogP contribution in [0.2, 0.25) is 0 Å². The van der Waals surface area contributed by atoms with E-state index in [0.29, 0.717) is 5.69 Å². The lowest BCUT2D eigenvalue weighted by molar-refractivity contribution is -0.122. The maximum atomic E-state index is 13.2. The fourth-order valence-corrected chi connectivity index (χ4v) is 4.72. The zero-order valence-electron chi connectivity index (χ0n) is 15.1. The largest absolute Gasteiger partial charge is 0.462 e. The minimum absolute atomic E-state index is 0.00814. The van der Waals surface area contributed by atoms with Gasteiger partial charge in [0.2, 0.25) is 11.8 Å². The Bertz CT molecular complexity index is 844. The summed E-state index contributed by atoms with van der Waals surface area (Å²) < 4.78 is 5.09. The lowest BCUT2D eigenvalue weighted by Gasteiger charge is -2.21. The Morgan fingerprint density at radius 1 is 1.04 bits per heavy atom. The zero-order chi connectivity index (χ0) is 18.6. The van der Waals surface area contributed by atoms with E-state index in [1.807, 2.05) is 13.8 Å². The van der Waals surface area contributed by atoms with Gasteiger partial charge in [0.05, 0.1) is 29.7 Å². The van der Waals surface area contributed by atoms with Crippen molar-refractivity contribution in [2.45, 2.75) is 20.8 Å². The average molecular weight is 351 g/mol. The summed E-state index contributed by atoms with van der Waals surface area (Å²) in [5.41, 5.74) is 2.96. The van der Waals surface area contributed by atoms with Gasteiger partial charge in [0, 0.05) is 11.8 Å². The van der Waals surface area contributed by atoms with Crippen LogP contribution in [0.5, 0.6) is 0 Å². The summed E-state index contributed by atoms with van der Waals surface area (Å²) in [5.74, 6) is -1.70. The fourth-order valence-electron chi connectivity index (χ4n) is 4.72. The van der Waals surface area contributed by atoms with E-state index in [2.05, 4.69) is 12.2 Å². The summed E-state index contributed by atoms with van der Waals surface area (Å²) in [6.07, 6.45) is 4.11. The van der Waals surface area contributed by atoms with Gasteiger partial charge >= 0.3 is 5.97 Å². The number of amides is 2. The lowest BCUT2D eigenvalue weighted by atomic mass is 9.85. The van der Waals surface area contributed by atoms with Gasteiger partial charge in [0.1, 0.15) is 0 Å². The number of nitrogens with zero attached hydrogens (tertiary/aromatic N) is 1. The van der Waals surface area contributed by atoms with Gasteiger partial charge in [-0.1, -0.05) is 35.4 Å². The molecule has 2 amide bonds. The number of anilines is 1. The van der Waals surface area contributed by atoms with E-state index in [9.17, 15) is 14.4 Å². The van der Waals surface area contributed by atoms with Gasteiger partial charge < -0.3 is 4.74 Å². The normalized spacial score (nSPS) is 28.7. The standard InChI is InChI=1S/C21H21NO4/c1-4-26-21(25)12-7-5-6-8-15(12)22-19(23)17-13-9-10-14(16(13)11(2)3)18(17)20(22)24/h5-10,13-14,17-18H,4H2,1-3H3/t13-,14-,17+,18+/m0/s1. The molecule has 2 aliphatic carbocycles. The number of hydrogen-bond acceptors (Lipinski definition) is 4. The maximum absolute atomic E-state index is 13.2. The van der Waals surface area contributed by atoms with Crippen LogP contribution in [0.25, 0.3) is 0 Å². The van der Waals surface area contributed by atoms with Crippen molar-refractivity contribution in [2.75, 3.05) is 11.5 Å². The topological polar surface area (TPSA) is 63.7 Å². The predicted molar refractivity (Wildman–Crippen MR) is 96.4 cm³/mol. The second-order valence-electron chi connectivity index (χ2n) is 7.19. The summed E-state index contributed by atoms with van der Waals surface area (Å²) in [6, 6.07) is 6.66. The van der Waals surface area contributed by atoms with E-state index in [-0.39, 0.29) is 47.7 Å². The highest BCUT2D eigenvalue weighted by molar-refractivity contribution is 6.25. The van der Waals surface area contributed by atoms with Crippen LogP contribution in [0, 0.1) is 23.7 Å². The summed E-state index contributed by atoms with van der Waals surface area (Å²) in [7, 11) is 0. The number of rotatable bonds is 3. The molecule has 0 unspecified atom stereocenters. The smallest absolute Gasteiger partial charge is 0.340 e. The number of para-hydroxylation sites is 1. The third-order valence-corrected chi connectivity index (χ3v) is 5.63. The number of benzene rings is 1. The molecule has 2 bridgehead atoms. The second-order valence-corrected chi connectivity index (χ2v) is 7.19. The van der Waals surface area contributed by atoms with E-state index in [1.165, 1.54) is 16.0 Å². The number of carbonyl (C=O) groups is 3. The van der Waals surface area contributed by atoms with Gasteiger partial charge in [-0.25, -0.2) is 9.69 Å². The van der Waals surface area contributed by atoms with E-state index in [1.54, 1.807) is 31.2 Å². The van der Waals surface area contributed by atoms with E-state index in [4.69, 9.17) is 4.74 Å². The fraction of sp³-hybridized carbons (Fsp3) is 0.381. The molecule has 4 atom stereocenters. The molecule has 1 aromatic carbocycles. The first-order valence-electron chi connectivity index (χ1n) is 8.97. The first-order chi connectivity index (χ1) is 12.5. The Morgan fingerprint density at radius 3 is 2.15 bits per heavy atom. The first-order valence-corrected chi connectivity index (χ1v) is 8.97. The van der Waals surface area contributed by atoms with Crippen molar-refractivity contribution in [3.63, 3.8) is 0 Å². The molecule has 0 aromatic heterocycles. The number of fused-ring (bicyclic) bond motifs is 5. The summed E-state index contributed by atoms with van der Waals surface area (Å²) in [6.45, 7) is 6.03. The Hall–Kier alpha value is -2.69. The number of ether oxygens (including phenoxy) is 1. The molecular weight excluding hydrogens is 330 g/mol. The van der Waals surface area contributed by atoms with Crippen molar-refractivity contribution in [1.82, 2.24) is 0 Å². The van der Waals surface area contributed by atoms with Gasteiger partial charge in [-0.2, -0.15) is 0 Å². The highest BCUT2D eigenvalue weighted by Crippen LogP contribution is 2.57. The van der Waals surface area contributed by atoms with Gasteiger partial charge in [0.25, 0.3) is 0 Å². The molecule has 4 rings (SSSR count). The molecule has 1 aromatic rings. The molecule has 0 N–H and O–H groups in total. The van der Waals surface area contributed by atoms with Gasteiger partial charge in [0.15, 0.2) is 0 Å². The molecule has 5 nitrogen and oxygen atoms in total. The summed E-state index contributed by atoms with van der Waals surface area (Å²) in [4.78, 5) is 39.8. The van der Waals surface area contributed by atoms with Crippen LogP contribution >= 0.6 is 0 Å². The third kappa shape index (κ3) is 2.13. The molecule has 1 heterocycles. The van der Waals surface area contributed by atoms with Gasteiger partial charge in [-0.15, -0.1) is 0 Å². The van der Waals surface area contributed by atoms with Crippen LogP contribution in [0.4, 0.5) is 5.69 Å².